The molecular weight excluding hydrogens is 451 g/mol. The molecule has 5 rings (SSSR count). The van der Waals surface area contributed by atoms with Gasteiger partial charge in [0.1, 0.15) is 34.6 Å². The van der Waals surface area contributed by atoms with E-state index in [1.54, 1.807) is 43.8 Å². The topological polar surface area (TPSA) is 111 Å². The normalized spacial score (nSPS) is 14.2. The minimum atomic E-state index is -0.485. The van der Waals surface area contributed by atoms with Gasteiger partial charge in [0.25, 0.3) is 5.56 Å². The summed E-state index contributed by atoms with van der Waals surface area (Å²) in [6, 6.07) is 9.71. The van der Waals surface area contributed by atoms with Crippen LogP contribution in [0.15, 0.2) is 53.6 Å². The number of H-pyrrole nitrogens is 1. The Labute approximate surface area is 200 Å². The van der Waals surface area contributed by atoms with Crippen molar-refractivity contribution in [1.82, 2.24) is 24.8 Å². The molecule has 0 radical (unpaired) electrons. The molecule has 4 heterocycles. The Balaban J connectivity index is 1.35. The van der Waals surface area contributed by atoms with Gasteiger partial charge in [-0.3, -0.25) is 4.79 Å². The summed E-state index contributed by atoms with van der Waals surface area (Å²) >= 11 is 0. The molecule has 3 N–H and O–H groups in total. The van der Waals surface area contributed by atoms with Crippen LogP contribution in [0.25, 0.3) is 10.9 Å². The van der Waals surface area contributed by atoms with Crippen LogP contribution in [0.4, 0.5) is 33.3 Å². The summed E-state index contributed by atoms with van der Waals surface area (Å²) in [6.07, 6.45) is 3.25. The highest BCUT2D eigenvalue weighted by atomic mass is 19.1. The van der Waals surface area contributed by atoms with Crippen molar-refractivity contribution in [3.63, 3.8) is 0 Å². The number of ether oxygens (including phenoxy) is 1. The van der Waals surface area contributed by atoms with Crippen molar-refractivity contribution in [2.75, 3.05) is 55.9 Å². The number of aromatic amines is 1. The number of nitrogens with one attached hydrogen (secondary N) is 3. The molecule has 1 fully saturated rings. The Morgan fingerprint density at radius 3 is 2.69 bits per heavy atom. The number of likely N-dealkylation sites (N-methyl/N-ethyl adjacent to an activating group) is 1. The van der Waals surface area contributed by atoms with Crippen molar-refractivity contribution in [3.05, 3.63) is 65.0 Å². The van der Waals surface area contributed by atoms with E-state index >= 15 is 0 Å². The molecule has 35 heavy (non-hydrogen) atoms. The van der Waals surface area contributed by atoms with Crippen LogP contribution in [0, 0.1) is 5.82 Å². The van der Waals surface area contributed by atoms with Crippen LogP contribution in [-0.2, 0) is 0 Å². The molecule has 1 aromatic carbocycles. The first-order chi connectivity index (χ1) is 17.0. The Morgan fingerprint density at radius 2 is 1.89 bits per heavy atom. The first kappa shape index (κ1) is 22.5. The molecule has 10 nitrogen and oxygen atoms in total. The standard InChI is InChI=1S/C24H25FN8O2/c1-32-8-10-33(11-9-32)21-13-19(35-2)18(14-27-21)29-24-26-7-6-20(30-24)28-17-12-15-4-3-5-16(25)22(15)31-23(17)34/h3-7,12-14H,8-11H2,1-2H3,(H,31,34)(H2,26,28,29,30). The zero-order valence-electron chi connectivity index (χ0n) is 19.4. The molecule has 0 spiro atoms. The second-order valence-corrected chi connectivity index (χ2v) is 8.26. The minimum Gasteiger partial charge on any atom is -0.494 e. The van der Waals surface area contributed by atoms with Crippen LogP contribution in [0.3, 0.4) is 0 Å². The highest BCUT2D eigenvalue weighted by molar-refractivity contribution is 5.82. The summed E-state index contributed by atoms with van der Waals surface area (Å²) in [5.74, 6) is 1.67. The van der Waals surface area contributed by atoms with E-state index in [2.05, 4.69) is 47.4 Å². The number of fused-ring (bicyclic) bond motifs is 1. The van der Waals surface area contributed by atoms with E-state index in [1.807, 2.05) is 6.07 Å². The molecule has 0 unspecified atom stereocenters. The number of benzene rings is 1. The lowest BCUT2D eigenvalue weighted by atomic mass is 10.2. The van der Waals surface area contributed by atoms with Gasteiger partial charge in [0.15, 0.2) is 0 Å². The Bertz CT molecular complexity index is 1420. The first-order valence-electron chi connectivity index (χ1n) is 11.2. The minimum absolute atomic E-state index is 0.160. The van der Waals surface area contributed by atoms with Gasteiger partial charge in [-0.05, 0) is 25.2 Å². The van der Waals surface area contributed by atoms with Gasteiger partial charge >= 0.3 is 0 Å². The highest BCUT2D eigenvalue weighted by Gasteiger charge is 2.17. The van der Waals surface area contributed by atoms with E-state index in [4.69, 9.17) is 4.74 Å². The van der Waals surface area contributed by atoms with Gasteiger partial charge in [-0.1, -0.05) is 12.1 Å². The number of piperazine rings is 1. The third-order valence-electron chi connectivity index (χ3n) is 5.89. The molecule has 4 aromatic rings. The summed E-state index contributed by atoms with van der Waals surface area (Å²) < 4.78 is 19.5. The molecule has 11 heteroatoms. The molecule has 1 aliphatic heterocycles. The summed E-state index contributed by atoms with van der Waals surface area (Å²) in [5.41, 5.74) is 0.555. The Hall–Kier alpha value is -4.25. The van der Waals surface area contributed by atoms with Crippen LogP contribution in [0.2, 0.25) is 0 Å². The third-order valence-corrected chi connectivity index (χ3v) is 5.89. The van der Waals surface area contributed by atoms with Crippen LogP contribution >= 0.6 is 0 Å². The third kappa shape index (κ3) is 4.85. The number of aromatic nitrogens is 4. The van der Waals surface area contributed by atoms with Gasteiger partial charge in [-0.25, -0.2) is 14.4 Å². The van der Waals surface area contributed by atoms with Gasteiger partial charge in [-0.15, -0.1) is 0 Å². The van der Waals surface area contributed by atoms with E-state index in [9.17, 15) is 9.18 Å². The number of nitrogens with zero attached hydrogens (tertiary/aromatic N) is 5. The number of hydrogen-bond acceptors (Lipinski definition) is 9. The van der Waals surface area contributed by atoms with Crippen LogP contribution in [0.1, 0.15) is 0 Å². The fourth-order valence-corrected chi connectivity index (χ4v) is 3.93. The van der Waals surface area contributed by atoms with Gasteiger partial charge < -0.3 is 30.2 Å². The molecule has 0 saturated carbocycles. The number of para-hydroxylation sites is 1. The van der Waals surface area contributed by atoms with Crippen LogP contribution in [0.5, 0.6) is 5.75 Å². The van der Waals surface area contributed by atoms with Gasteiger partial charge in [0.05, 0.1) is 18.8 Å². The van der Waals surface area contributed by atoms with Crippen molar-refractivity contribution in [2.45, 2.75) is 0 Å². The molecule has 1 aliphatic rings. The average Bonchev–Trinajstić information content (AvgIpc) is 2.86. The SMILES string of the molecule is COc1cc(N2CCN(C)CC2)ncc1Nc1nccc(Nc2cc3cccc(F)c3[nH]c2=O)n1. The zero-order valence-corrected chi connectivity index (χ0v) is 19.4. The fourth-order valence-electron chi connectivity index (χ4n) is 3.93. The summed E-state index contributed by atoms with van der Waals surface area (Å²) in [6.45, 7) is 3.76. The summed E-state index contributed by atoms with van der Waals surface area (Å²) in [5, 5.41) is 6.67. The monoisotopic (exact) mass is 476 g/mol. The lowest BCUT2D eigenvalue weighted by Gasteiger charge is -2.33. The molecule has 3 aromatic heterocycles. The second kappa shape index (κ2) is 9.55. The summed E-state index contributed by atoms with van der Waals surface area (Å²) in [4.78, 5) is 32.8. The Kier molecular flexibility index (Phi) is 6.15. The number of rotatable bonds is 6. The first-order valence-corrected chi connectivity index (χ1v) is 11.2. The summed E-state index contributed by atoms with van der Waals surface area (Å²) in [7, 11) is 3.71. The second-order valence-electron chi connectivity index (χ2n) is 8.26. The maximum absolute atomic E-state index is 14.0. The van der Waals surface area contributed by atoms with Gasteiger partial charge in [-0.2, -0.15) is 4.98 Å². The number of hydrogen-bond donors (Lipinski definition) is 3. The highest BCUT2D eigenvalue weighted by Crippen LogP contribution is 2.30. The maximum Gasteiger partial charge on any atom is 0.272 e. The molecule has 0 bridgehead atoms. The lowest BCUT2D eigenvalue weighted by molar-refractivity contribution is 0.312. The largest absolute Gasteiger partial charge is 0.494 e. The Morgan fingerprint density at radius 1 is 1.06 bits per heavy atom. The zero-order chi connectivity index (χ0) is 24.4. The van der Waals surface area contributed by atoms with E-state index in [-0.39, 0.29) is 11.2 Å². The molecule has 1 saturated heterocycles. The van der Waals surface area contributed by atoms with Crippen molar-refractivity contribution < 1.29 is 9.13 Å². The van der Waals surface area contributed by atoms with Crippen molar-refractivity contribution in [3.8, 4) is 5.75 Å². The van der Waals surface area contributed by atoms with E-state index in [0.29, 0.717) is 28.6 Å². The molecule has 180 valence electrons. The fraction of sp³-hybridized carbons (Fsp3) is 0.250. The number of halogens is 1. The predicted molar refractivity (Wildman–Crippen MR) is 134 cm³/mol. The van der Waals surface area contributed by atoms with Crippen LogP contribution < -0.4 is 25.8 Å². The lowest BCUT2D eigenvalue weighted by Crippen LogP contribution is -2.44. The smallest absolute Gasteiger partial charge is 0.272 e. The molecule has 0 aliphatic carbocycles. The number of anilines is 5. The van der Waals surface area contributed by atoms with Crippen molar-refractivity contribution in [1.29, 1.82) is 0 Å². The quantitative estimate of drug-likeness (QED) is 0.387. The molecular formula is C24H25FN8O2. The number of pyridine rings is 2. The number of methoxy groups -OCH3 is 1. The van der Waals surface area contributed by atoms with Crippen molar-refractivity contribution >= 4 is 39.9 Å². The van der Waals surface area contributed by atoms with E-state index in [1.165, 1.54) is 6.07 Å². The maximum atomic E-state index is 14.0. The molecule has 0 atom stereocenters. The average molecular weight is 477 g/mol. The molecule has 0 amide bonds. The van der Waals surface area contributed by atoms with Crippen LogP contribution in [-0.4, -0.2) is 65.2 Å². The van der Waals surface area contributed by atoms with Crippen molar-refractivity contribution in [2.24, 2.45) is 0 Å². The van der Waals surface area contributed by atoms with E-state index < -0.39 is 11.4 Å². The predicted octanol–water partition coefficient (Wildman–Crippen LogP) is 3.10. The van der Waals surface area contributed by atoms with Gasteiger partial charge in [0, 0.05) is 43.8 Å². The van der Waals surface area contributed by atoms with Gasteiger partial charge in [0.2, 0.25) is 5.95 Å². The van der Waals surface area contributed by atoms with E-state index in [0.717, 1.165) is 32.0 Å².